The Labute approximate surface area is 216 Å². The number of phenolic OH excluding ortho intramolecular Hbond substituents is 2. The maximum Gasteiger partial charge on any atom is 0.141 e. The first-order chi connectivity index (χ1) is 17.2. The molecule has 198 valence electrons. The van der Waals surface area contributed by atoms with Crippen LogP contribution in [0.1, 0.15) is 64.9 Å². The summed E-state index contributed by atoms with van der Waals surface area (Å²) in [5.74, 6) is -0.994. The highest BCUT2D eigenvalue weighted by molar-refractivity contribution is 7.85. The molecule has 0 heterocycles. The number of aromatic hydroxyl groups is 2. The summed E-state index contributed by atoms with van der Waals surface area (Å²) < 4.78 is 33.8. The number of fused-ring (bicyclic) bond motifs is 1. The molecule has 0 amide bonds. The Morgan fingerprint density at radius 1 is 0.750 bits per heavy atom. The van der Waals surface area contributed by atoms with E-state index in [-0.39, 0.29) is 16.5 Å². The molecule has 0 radical (unpaired) electrons. The van der Waals surface area contributed by atoms with E-state index >= 15 is 0 Å². The molecule has 36 heavy (non-hydrogen) atoms. The lowest BCUT2D eigenvalue weighted by Gasteiger charge is -2.39. The maximum absolute atomic E-state index is 10.8. The molecule has 0 saturated carbocycles. The Morgan fingerprint density at radius 3 is 1.69 bits per heavy atom. The van der Waals surface area contributed by atoms with Gasteiger partial charge in [-0.05, 0) is 19.3 Å². The van der Waals surface area contributed by atoms with Gasteiger partial charge in [-0.1, -0.05) is 94.6 Å². The van der Waals surface area contributed by atoms with Crippen molar-refractivity contribution in [3.05, 3.63) is 66.2 Å². The van der Waals surface area contributed by atoms with Gasteiger partial charge in [0.15, 0.2) is 0 Å². The molecular weight excluding hydrogens is 474 g/mol. The van der Waals surface area contributed by atoms with Crippen LogP contribution >= 0.6 is 0 Å². The van der Waals surface area contributed by atoms with Crippen molar-refractivity contribution in [3.63, 3.8) is 0 Å². The highest BCUT2D eigenvalue weighted by Gasteiger charge is 2.26. The summed E-state index contributed by atoms with van der Waals surface area (Å²) in [5, 5.41) is 19.6. The zero-order chi connectivity index (χ0) is 26.6. The topological polar surface area (TPSA) is 97.7 Å². The minimum Gasteiger partial charge on any atom is -0.744 e. The fraction of sp³-hybridized carbons (Fsp3) is 0.448. The molecular formula is C29H41NO5S. The molecule has 6 nitrogen and oxygen atoms in total. The van der Waals surface area contributed by atoms with Gasteiger partial charge in [-0.25, -0.2) is 8.42 Å². The van der Waals surface area contributed by atoms with Gasteiger partial charge >= 0.3 is 0 Å². The fourth-order valence-corrected chi connectivity index (χ4v) is 5.13. The third-order valence-corrected chi connectivity index (χ3v) is 7.40. The molecule has 0 spiro atoms. The van der Waals surface area contributed by atoms with Crippen molar-refractivity contribution in [2.45, 2.75) is 70.7 Å². The number of hydrogen-bond donors (Lipinski definition) is 2. The van der Waals surface area contributed by atoms with E-state index in [4.69, 9.17) is 0 Å². The van der Waals surface area contributed by atoms with Gasteiger partial charge in [-0.2, -0.15) is 0 Å². The van der Waals surface area contributed by atoms with E-state index in [1.165, 1.54) is 86.9 Å². The lowest BCUT2D eigenvalue weighted by molar-refractivity contribution is -0.941. The summed E-state index contributed by atoms with van der Waals surface area (Å²) in [4.78, 5) is -0.816. The van der Waals surface area contributed by atoms with Gasteiger partial charge in [-0.15, -0.1) is 0 Å². The van der Waals surface area contributed by atoms with Crippen molar-refractivity contribution in [2.75, 3.05) is 19.6 Å². The summed E-state index contributed by atoms with van der Waals surface area (Å²) in [6.45, 7) is 12.2. The van der Waals surface area contributed by atoms with Crippen molar-refractivity contribution >= 4 is 20.9 Å². The largest absolute Gasteiger partial charge is 0.744 e. The van der Waals surface area contributed by atoms with Crippen LogP contribution < -0.4 is 0 Å². The van der Waals surface area contributed by atoms with Crippen molar-refractivity contribution in [1.29, 1.82) is 0 Å². The van der Waals surface area contributed by atoms with E-state index in [2.05, 4.69) is 51.1 Å². The zero-order valence-electron chi connectivity index (χ0n) is 21.8. The molecule has 0 atom stereocenters. The zero-order valence-corrected chi connectivity index (χ0v) is 22.6. The van der Waals surface area contributed by atoms with Crippen molar-refractivity contribution < 1.29 is 27.7 Å². The Morgan fingerprint density at radius 2 is 1.22 bits per heavy atom. The molecule has 3 rings (SSSR count). The molecule has 3 aromatic rings. The first-order valence-electron chi connectivity index (χ1n) is 13.0. The summed E-state index contributed by atoms with van der Waals surface area (Å²) in [7, 11) is -4.81. The second-order valence-corrected chi connectivity index (χ2v) is 10.8. The number of unbranched alkanes of at least 4 members (excludes halogenated alkanes) is 3. The monoisotopic (exact) mass is 515 g/mol. The molecule has 0 aliphatic carbocycles. The van der Waals surface area contributed by atoms with E-state index in [1.807, 2.05) is 0 Å². The van der Waals surface area contributed by atoms with E-state index in [9.17, 15) is 23.2 Å². The molecule has 0 aliphatic heterocycles. The lowest BCUT2D eigenvalue weighted by atomic mass is 10.1. The van der Waals surface area contributed by atoms with Crippen LogP contribution in [0.3, 0.4) is 0 Å². The molecule has 2 N–H and O–H groups in total. The van der Waals surface area contributed by atoms with Crippen LogP contribution in [-0.4, -0.2) is 47.3 Å². The van der Waals surface area contributed by atoms with Crippen LogP contribution in [0, 0.1) is 0 Å². The van der Waals surface area contributed by atoms with Gasteiger partial charge in [-0.3, -0.25) is 0 Å². The van der Waals surface area contributed by atoms with Gasteiger partial charge in [0.25, 0.3) is 0 Å². The fourth-order valence-electron chi connectivity index (χ4n) is 4.53. The lowest BCUT2D eigenvalue weighted by Crippen LogP contribution is -2.49. The predicted molar refractivity (Wildman–Crippen MR) is 145 cm³/mol. The normalized spacial score (nSPS) is 11.8. The Bertz CT molecular complexity index is 1160. The number of nitrogens with zero attached hydrogens (tertiary/aromatic N) is 1. The third kappa shape index (κ3) is 8.50. The SMILES string of the molecule is CCCC[N+](CCCC)(CCCC)Cc1ccccc1.O=S(=O)([O-])c1cc(O)c2ccccc2c1O. The second-order valence-electron chi connectivity index (χ2n) is 9.46. The standard InChI is InChI=1S/C19H34N.C10H8O5S/c1-4-7-15-20(16-8-5-2,17-9-6-3)18-19-13-11-10-12-14-19;11-8-5-9(16(13,14)15)10(12)7-4-2-1-3-6(7)8/h10-14H,4-9,15-18H2,1-3H3;1-5,11-12H,(H,13,14,15)/q+1;/p-1. The van der Waals surface area contributed by atoms with Crippen LogP contribution in [-0.2, 0) is 16.7 Å². The Balaban J connectivity index is 0.000000259. The molecule has 0 aromatic heterocycles. The van der Waals surface area contributed by atoms with Gasteiger partial charge < -0.3 is 19.2 Å². The van der Waals surface area contributed by atoms with Gasteiger partial charge in [0.2, 0.25) is 0 Å². The molecule has 0 unspecified atom stereocenters. The van der Waals surface area contributed by atoms with Crippen molar-refractivity contribution in [2.24, 2.45) is 0 Å². The molecule has 0 aliphatic rings. The summed E-state index contributed by atoms with van der Waals surface area (Å²) in [5.41, 5.74) is 1.51. The van der Waals surface area contributed by atoms with Gasteiger partial charge in [0.1, 0.15) is 33.1 Å². The van der Waals surface area contributed by atoms with E-state index < -0.39 is 20.8 Å². The highest BCUT2D eigenvalue weighted by atomic mass is 32.2. The van der Waals surface area contributed by atoms with Crippen molar-refractivity contribution in [1.82, 2.24) is 0 Å². The van der Waals surface area contributed by atoms with Crippen LogP contribution in [0.5, 0.6) is 11.5 Å². The maximum atomic E-state index is 10.8. The minimum absolute atomic E-state index is 0.122. The van der Waals surface area contributed by atoms with E-state index in [0.29, 0.717) is 0 Å². The molecule has 0 fully saturated rings. The Hall–Kier alpha value is -2.61. The summed E-state index contributed by atoms with van der Waals surface area (Å²) in [6, 6.07) is 17.9. The van der Waals surface area contributed by atoms with Crippen LogP contribution in [0.2, 0.25) is 0 Å². The number of rotatable bonds is 12. The molecule has 0 bridgehead atoms. The number of benzene rings is 3. The average molecular weight is 516 g/mol. The minimum atomic E-state index is -4.81. The van der Waals surface area contributed by atoms with Crippen LogP contribution in [0.4, 0.5) is 0 Å². The van der Waals surface area contributed by atoms with Crippen LogP contribution in [0.15, 0.2) is 65.6 Å². The first-order valence-corrected chi connectivity index (χ1v) is 14.4. The Kier molecular flexibility index (Phi) is 11.7. The number of hydrogen-bond acceptors (Lipinski definition) is 5. The second kappa shape index (κ2) is 14.2. The van der Waals surface area contributed by atoms with Gasteiger partial charge in [0, 0.05) is 22.4 Å². The summed E-state index contributed by atoms with van der Waals surface area (Å²) in [6.07, 6.45) is 8.02. The van der Waals surface area contributed by atoms with Crippen LogP contribution in [0.25, 0.3) is 10.8 Å². The molecule has 3 aromatic carbocycles. The molecule has 7 heteroatoms. The highest BCUT2D eigenvalue weighted by Crippen LogP contribution is 2.37. The van der Waals surface area contributed by atoms with E-state index in [0.717, 1.165) is 6.07 Å². The number of quaternary nitrogens is 1. The van der Waals surface area contributed by atoms with E-state index in [1.54, 1.807) is 12.1 Å². The summed E-state index contributed by atoms with van der Waals surface area (Å²) >= 11 is 0. The molecule has 0 saturated heterocycles. The van der Waals surface area contributed by atoms with Crippen molar-refractivity contribution in [3.8, 4) is 11.5 Å². The number of phenols is 2. The predicted octanol–water partition coefficient (Wildman–Crippen LogP) is 6.56. The quantitative estimate of drug-likeness (QED) is 0.162. The third-order valence-electron chi connectivity index (χ3n) is 6.55. The smallest absolute Gasteiger partial charge is 0.141 e. The first kappa shape index (κ1) is 29.6. The average Bonchev–Trinajstić information content (AvgIpc) is 2.87. The van der Waals surface area contributed by atoms with Gasteiger partial charge in [0.05, 0.1) is 19.6 Å².